The molecular formula is C27H34N2O9. The van der Waals surface area contributed by atoms with Crippen molar-refractivity contribution >= 4 is 35.0 Å². The molecule has 1 amide bonds. The van der Waals surface area contributed by atoms with Gasteiger partial charge in [-0.3, -0.25) is 24.0 Å². The number of esters is 2. The number of hydrogen-bond acceptors (Lipinski definition) is 10. The van der Waals surface area contributed by atoms with Gasteiger partial charge in [0.1, 0.15) is 11.9 Å². The monoisotopic (exact) mass is 530 g/mol. The number of aromatic nitrogens is 1. The zero-order chi connectivity index (χ0) is 28.5. The number of hydrogen-bond donors (Lipinski definition) is 1. The fourth-order valence-corrected chi connectivity index (χ4v) is 4.60. The van der Waals surface area contributed by atoms with Gasteiger partial charge in [-0.2, -0.15) is 0 Å². The number of rotatable bonds is 8. The van der Waals surface area contributed by atoms with E-state index in [4.69, 9.17) is 18.6 Å². The molecule has 38 heavy (non-hydrogen) atoms. The van der Waals surface area contributed by atoms with Crippen LogP contribution >= 0.6 is 0 Å². The summed E-state index contributed by atoms with van der Waals surface area (Å²) in [7, 11) is 2.51. The second kappa shape index (κ2) is 10.6. The van der Waals surface area contributed by atoms with Crippen LogP contribution < -0.4 is 5.32 Å². The van der Waals surface area contributed by atoms with Crippen LogP contribution in [0.4, 0.5) is 0 Å². The summed E-state index contributed by atoms with van der Waals surface area (Å²) in [5.74, 6) is -1.99. The van der Waals surface area contributed by atoms with Crippen LogP contribution in [0.3, 0.4) is 0 Å². The van der Waals surface area contributed by atoms with Gasteiger partial charge in [0.25, 0.3) is 5.91 Å². The maximum Gasteiger partial charge on any atom is 0.315 e. The number of Topliss-reactive ketones (excluding diaryl/α,β-unsaturated/α-hetero) is 2. The van der Waals surface area contributed by atoms with Gasteiger partial charge in [0.2, 0.25) is 5.89 Å². The lowest BCUT2D eigenvalue weighted by atomic mass is 9.75. The minimum Gasteiger partial charge on any atom is -0.468 e. The average molecular weight is 531 g/mol. The summed E-state index contributed by atoms with van der Waals surface area (Å²) in [5, 5.41) is 2.67. The van der Waals surface area contributed by atoms with E-state index in [1.54, 1.807) is 34.6 Å². The normalized spacial score (nSPS) is 25.8. The summed E-state index contributed by atoms with van der Waals surface area (Å²) in [6.45, 7) is 8.19. The number of ether oxygens (including phenoxy) is 3. The lowest BCUT2D eigenvalue weighted by Crippen LogP contribution is -2.49. The quantitative estimate of drug-likeness (QED) is 0.391. The molecule has 0 aromatic carbocycles. The third-order valence-corrected chi connectivity index (χ3v) is 6.80. The molecule has 0 bridgehead atoms. The van der Waals surface area contributed by atoms with Gasteiger partial charge in [-0.05, 0) is 41.0 Å². The molecule has 0 fully saturated rings. The number of amides is 1. The molecule has 11 nitrogen and oxygen atoms in total. The number of carbonyl (C=O) groups excluding carboxylic acids is 5. The van der Waals surface area contributed by atoms with Crippen LogP contribution in [0.2, 0.25) is 0 Å². The molecule has 3 atom stereocenters. The van der Waals surface area contributed by atoms with Crippen molar-refractivity contribution in [1.82, 2.24) is 10.3 Å². The summed E-state index contributed by atoms with van der Waals surface area (Å²) >= 11 is 0. The molecule has 3 unspecified atom stereocenters. The number of ketones is 2. The van der Waals surface area contributed by atoms with E-state index >= 15 is 0 Å². The second-order valence-corrected chi connectivity index (χ2v) is 10.8. The molecule has 1 aromatic rings. The first-order chi connectivity index (χ1) is 17.6. The highest BCUT2D eigenvalue weighted by Crippen LogP contribution is 2.39. The highest BCUT2D eigenvalue weighted by atomic mass is 16.5. The molecule has 0 radical (unpaired) electrons. The van der Waals surface area contributed by atoms with Crippen LogP contribution in [-0.2, 0) is 38.2 Å². The Labute approximate surface area is 221 Å². The van der Waals surface area contributed by atoms with E-state index in [0.717, 1.165) is 0 Å². The number of nitrogens with one attached hydrogen (secondary N) is 1. The first-order valence-electron chi connectivity index (χ1n) is 12.2. The van der Waals surface area contributed by atoms with E-state index in [1.165, 1.54) is 32.6 Å². The smallest absolute Gasteiger partial charge is 0.315 e. The molecule has 0 saturated heterocycles. The van der Waals surface area contributed by atoms with Crippen molar-refractivity contribution in [2.45, 2.75) is 65.6 Å². The molecular weight excluding hydrogens is 496 g/mol. The fourth-order valence-electron chi connectivity index (χ4n) is 4.60. The minimum atomic E-state index is -1.19. The predicted octanol–water partition coefficient (Wildman–Crippen LogP) is 2.27. The lowest BCUT2D eigenvalue weighted by Gasteiger charge is -2.37. The van der Waals surface area contributed by atoms with Crippen LogP contribution in [0, 0.1) is 17.8 Å². The summed E-state index contributed by atoms with van der Waals surface area (Å²) < 4.78 is 21.5. The SMILES string of the molecule is COC(=O)C1(C)C=C(C(=O)NCC(C)(C)OC2CC(C)(C(=O)OC)C=C(c3ncc(C)o3)C2=O)C(=O)CC1. The van der Waals surface area contributed by atoms with E-state index < -0.39 is 46.2 Å². The first kappa shape index (κ1) is 29.0. The van der Waals surface area contributed by atoms with Gasteiger partial charge < -0.3 is 23.9 Å². The maximum absolute atomic E-state index is 13.4. The van der Waals surface area contributed by atoms with Gasteiger partial charge in [-0.25, -0.2) is 4.98 Å². The number of methoxy groups -OCH3 is 2. The third kappa shape index (κ3) is 5.93. The number of nitrogens with zero attached hydrogens (tertiary/aromatic N) is 1. The summed E-state index contributed by atoms with van der Waals surface area (Å²) in [6.07, 6.45) is 3.50. The van der Waals surface area contributed by atoms with Gasteiger partial charge in [0.05, 0.1) is 48.0 Å². The van der Waals surface area contributed by atoms with Crippen molar-refractivity contribution in [1.29, 1.82) is 0 Å². The summed E-state index contributed by atoms with van der Waals surface area (Å²) in [6, 6.07) is 0. The Morgan fingerprint density at radius 2 is 1.74 bits per heavy atom. The van der Waals surface area contributed by atoms with E-state index in [1.807, 2.05) is 0 Å². The van der Waals surface area contributed by atoms with Crippen molar-refractivity contribution < 1.29 is 42.6 Å². The molecule has 11 heteroatoms. The van der Waals surface area contributed by atoms with Gasteiger partial charge in [0, 0.05) is 19.4 Å². The molecule has 206 valence electrons. The van der Waals surface area contributed by atoms with Crippen LogP contribution in [0.25, 0.3) is 5.57 Å². The highest BCUT2D eigenvalue weighted by Gasteiger charge is 2.46. The van der Waals surface area contributed by atoms with E-state index in [9.17, 15) is 24.0 Å². The molecule has 1 N–H and O–H groups in total. The van der Waals surface area contributed by atoms with Gasteiger partial charge in [-0.15, -0.1) is 0 Å². The zero-order valence-electron chi connectivity index (χ0n) is 22.8. The third-order valence-electron chi connectivity index (χ3n) is 6.80. The Hall–Kier alpha value is -3.60. The fraction of sp³-hybridized carbons (Fsp3) is 0.556. The highest BCUT2D eigenvalue weighted by molar-refractivity contribution is 6.23. The number of aryl methyl sites for hydroxylation is 1. The molecule has 0 spiro atoms. The van der Waals surface area contributed by atoms with Crippen LogP contribution in [0.5, 0.6) is 0 Å². The van der Waals surface area contributed by atoms with Crippen molar-refractivity contribution in [2.24, 2.45) is 10.8 Å². The Kier molecular flexibility index (Phi) is 8.11. The molecule has 3 rings (SSSR count). The first-order valence-corrected chi connectivity index (χ1v) is 12.2. The molecule has 1 aromatic heterocycles. The molecule has 0 saturated carbocycles. The second-order valence-electron chi connectivity index (χ2n) is 10.8. The van der Waals surface area contributed by atoms with Crippen molar-refractivity contribution in [3.8, 4) is 0 Å². The van der Waals surface area contributed by atoms with E-state index in [2.05, 4.69) is 10.3 Å². The lowest BCUT2D eigenvalue weighted by molar-refractivity contribution is -0.156. The van der Waals surface area contributed by atoms with Crippen molar-refractivity contribution in [3.05, 3.63) is 35.6 Å². The Morgan fingerprint density at radius 1 is 1.11 bits per heavy atom. The Morgan fingerprint density at radius 3 is 2.32 bits per heavy atom. The van der Waals surface area contributed by atoms with Gasteiger partial charge in [0.15, 0.2) is 11.6 Å². The zero-order valence-corrected chi connectivity index (χ0v) is 22.8. The van der Waals surface area contributed by atoms with Crippen molar-refractivity contribution in [2.75, 3.05) is 20.8 Å². The predicted molar refractivity (Wildman–Crippen MR) is 133 cm³/mol. The van der Waals surface area contributed by atoms with Gasteiger partial charge >= 0.3 is 11.9 Å². The van der Waals surface area contributed by atoms with Crippen molar-refractivity contribution in [3.63, 3.8) is 0 Å². The Bertz CT molecular complexity index is 1220. The minimum absolute atomic E-state index is 0.000195. The van der Waals surface area contributed by atoms with Crippen LogP contribution in [-0.4, -0.2) is 66.9 Å². The number of oxazole rings is 1. The van der Waals surface area contributed by atoms with Crippen LogP contribution in [0.15, 0.2) is 28.3 Å². The van der Waals surface area contributed by atoms with Crippen LogP contribution in [0.1, 0.15) is 58.6 Å². The largest absolute Gasteiger partial charge is 0.468 e. The molecule has 0 aliphatic heterocycles. The van der Waals surface area contributed by atoms with E-state index in [-0.39, 0.29) is 48.6 Å². The molecule has 2 aliphatic carbocycles. The Balaban J connectivity index is 1.78. The maximum atomic E-state index is 13.4. The standard InChI is InChI=1S/C27H34N2O9/c1-15-13-28-22(37-15)17-11-27(5,24(34)36-7)12-19(20(17)31)38-25(2,3)14-29-21(32)16-10-26(4,23(33)35-6)9-8-18(16)30/h10-11,13,19H,8-9,12,14H2,1-7H3,(H,29,32). The van der Waals surface area contributed by atoms with E-state index in [0.29, 0.717) is 5.76 Å². The molecule has 1 heterocycles. The summed E-state index contributed by atoms with van der Waals surface area (Å²) in [4.78, 5) is 67.6. The average Bonchev–Trinajstić information content (AvgIpc) is 3.30. The molecule has 2 aliphatic rings. The summed E-state index contributed by atoms with van der Waals surface area (Å²) in [5.41, 5.74) is -3.40. The topological polar surface area (TPSA) is 151 Å². The van der Waals surface area contributed by atoms with Gasteiger partial charge in [-0.1, -0.05) is 12.2 Å². The number of carbonyl (C=O) groups is 5.